The van der Waals surface area contributed by atoms with Crippen LogP contribution in [-0.2, 0) is 16.1 Å². The number of methoxy groups -OCH3 is 1. The molecule has 0 aliphatic heterocycles. The van der Waals surface area contributed by atoms with E-state index in [0.717, 1.165) is 11.3 Å². The molecule has 2 aromatic carbocycles. The van der Waals surface area contributed by atoms with Gasteiger partial charge in [-0.25, -0.2) is 0 Å². The number of hydrogen-bond acceptors (Lipinski definition) is 4. The second-order valence-corrected chi connectivity index (χ2v) is 7.53. The monoisotopic (exact) mass is 446 g/mol. The first kappa shape index (κ1) is 24.5. The Hall–Kier alpha value is -2.73. The standard InChI is InChI=1S/C24H31ClN2O4/c1-4-22(24(29)26-5-2)27(17-18-8-12-20(30-3)13-9-18)23(28)7-6-16-31-21-14-10-19(25)11-15-21/h8-15,22H,4-7,16-17H2,1-3H3,(H,26,29)/t22-/m1/s1. The van der Waals surface area contributed by atoms with Crippen LogP contribution in [-0.4, -0.2) is 43.0 Å². The maximum atomic E-state index is 13.1. The number of rotatable bonds is 12. The maximum Gasteiger partial charge on any atom is 0.242 e. The number of benzene rings is 2. The maximum absolute atomic E-state index is 13.1. The molecule has 1 N–H and O–H groups in total. The van der Waals surface area contributed by atoms with Gasteiger partial charge < -0.3 is 19.7 Å². The van der Waals surface area contributed by atoms with Gasteiger partial charge >= 0.3 is 0 Å². The van der Waals surface area contributed by atoms with E-state index in [1.165, 1.54) is 0 Å². The second kappa shape index (κ2) is 12.8. The summed E-state index contributed by atoms with van der Waals surface area (Å²) in [5.41, 5.74) is 0.939. The van der Waals surface area contributed by atoms with Crippen molar-refractivity contribution in [3.8, 4) is 11.5 Å². The third kappa shape index (κ3) is 7.79. The van der Waals surface area contributed by atoms with Gasteiger partial charge in [0.1, 0.15) is 17.5 Å². The summed E-state index contributed by atoms with van der Waals surface area (Å²) in [6.07, 6.45) is 1.38. The van der Waals surface area contributed by atoms with Crippen LogP contribution in [0.2, 0.25) is 5.02 Å². The van der Waals surface area contributed by atoms with Gasteiger partial charge in [-0.2, -0.15) is 0 Å². The summed E-state index contributed by atoms with van der Waals surface area (Å²) in [6, 6.07) is 14.1. The van der Waals surface area contributed by atoms with Gasteiger partial charge in [0.15, 0.2) is 0 Å². The topological polar surface area (TPSA) is 67.9 Å². The van der Waals surface area contributed by atoms with Crippen molar-refractivity contribution in [2.24, 2.45) is 0 Å². The smallest absolute Gasteiger partial charge is 0.242 e. The molecule has 2 aromatic rings. The average molecular weight is 447 g/mol. The highest BCUT2D eigenvalue weighted by Crippen LogP contribution is 2.18. The zero-order valence-corrected chi connectivity index (χ0v) is 19.2. The Labute approximate surface area is 189 Å². The Balaban J connectivity index is 2.03. The van der Waals surface area contributed by atoms with Crippen LogP contribution >= 0.6 is 11.6 Å². The molecule has 0 aliphatic rings. The van der Waals surface area contributed by atoms with E-state index in [1.807, 2.05) is 38.1 Å². The lowest BCUT2D eigenvalue weighted by atomic mass is 10.1. The van der Waals surface area contributed by atoms with Gasteiger partial charge in [0.2, 0.25) is 11.8 Å². The summed E-state index contributed by atoms with van der Waals surface area (Å²) in [5, 5.41) is 3.49. The molecule has 0 spiro atoms. The molecule has 168 valence electrons. The predicted molar refractivity (Wildman–Crippen MR) is 122 cm³/mol. The van der Waals surface area contributed by atoms with Crippen molar-refractivity contribution in [1.29, 1.82) is 0 Å². The van der Waals surface area contributed by atoms with Crippen molar-refractivity contribution in [2.45, 2.75) is 45.7 Å². The van der Waals surface area contributed by atoms with E-state index in [0.29, 0.717) is 49.7 Å². The highest BCUT2D eigenvalue weighted by molar-refractivity contribution is 6.30. The van der Waals surface area contributed by atoms with Crippen molar-refractivity contribution < 1.29 is 19.1 Å². The number of carbonyl (C=O) groups is 2. The van der Waals surface area contributed by atoms with Crippen LogP contribution < -0.4 is 14.8 Å². The van der Waals surface area contributed by atoms with E-state index in [1.54, 1.807) is 36.3 Å². The number of amides is 2. The van der Waals surface area contributed by atoms with Crippen molar-refractivity contribution in [3.63, 3.8) is 0 Å². The molecule has 0 aromatic heterocycles. The molecule has 0 saturated carbocycles. The van der Waals surface area contributed by atoms with Crippen LogP contribution in [0.5, 0.6) is 11.5 Å². The number of halogens is 1. The van der Waals surface area contributed by atoms with Gasteiger partial charge in [0.25, 0.3) is 0 Å². The van der Waals surface area contributed by atoms with Gasteiger partial charge in [0, 0.05) is 24.5 Å². The number of nitrogens with zero attached hydrogens (tertiary/aromatic N) is 1. The third-order valence-electron chi connectivity index (χ3n) is 4.87. The first-order valence-electron chi connectivity index (χ1n) is 10.6. The summed E-state index contributed by atoms with van der Waals surface area (Å²) < 4.78 is 10.9. The first-order valence-corrected chi connectivity index (χ1v) is 10.9. The summed E-state index contributed by atoms with van der Waals surface area (Å²) in [5.74, 6) is 1.25. The molecule has 0 saturated heterocycles. The predicted octanol–water partition coefficient (Wildman–Crippen LogP) is 4.45. The number of likely N-dealkylation sites (N-methyl/N-ethyl adjacent to an activating group) is 1. The van der Waals surface area contributed by atoms with E-state index in [-0.39, 0.29) is 11.8 Å². The molecular formula is C24H31ClN2O4. The lowest BCUT2D eigenvalue weighted by molar-refractivity contribution is -0.141. The van der Waals surface area contributed by atoms with E-state index < -0.39 is 6.04 Å². The molecule has 0 aliphatic carbocycles. The fourth-order valence-electron chi connectivity index (χ4n) is 3.23. The Morgan fingerprint density at radius 1 is 1.03 bits per heavy atom. The molecule has 0 unspecified atom stereocenters. The Morgan fingerprint density at radius 2 is 1.68 bits per heavy atom. The van der Waals surface area contributed by atoms with E-state index >= 15 is 0 Å². The highest BCUT2D eigenvalue weighted by atomic mass is 35.5. The number of nitrogens with one attached hydrogen (secondary N) is 1. The molecule has 7 heteroatoms. The molecule has 2 rings (SSSR count). The summed E-state index contributed by atoms with van der Waals surface area (Å²) >= 11 is 5.88. The SMILES string of the molecule is CCNC(=O)[C@@H](CC)N(Cc1ccc(OC)cc1)C(=O)CCCOc1ccc(Cl)cc1. The molecule has 6 nitrogen and oxygen atoms in total. The van der Waals surface area contributed by atoms with Gasteiger partial charge in [-0.3, -0.25) is 9.59 Å². The van der Waals surface area contributed by atoms with Crippen molar-refractivity contribution in [2.75, 3.05) is 20.3 Å². The van der Waals surface area contributed by atoms with E-state index in [4.69, 9.17) is 21.1 Å². The number of hydrogen-bond donors (Lipinski definition) is 1. The number of ether oxygens (including phenoxy) is 2. The van der Waals surface area contributed by atoms with Crippen molar-refractivity contribution in [1.82, 2.24) is 10.2 Å². The highest BCUT2D eigenvalue weighted by Gasteiger charge is 2.28. The molecule has 0 heterocycles. The fourth-order valence-corrected chi connectivity index (χ4v) is 3.35. The Kier molecular flexibility index (Phi) is 10.2. The molecule has 1 atom stereocenters. The summed E-state index contributed by atoms with van der Waals surface area (Å²) in [7, 11) is 1.61. The van der Waals surface area contributed by atoms with Crippen LogP contribution in [0.1, 0.15) is 38.7 Å². The van der Waals surface area contributed by atoms with Gasteiger partial charge in [-0.05, 0) is 61.7 Å². The normalized spacial score (nSPS) is 11.5. The molecule has 0 bridgehead atoms. The quantitative estimate of drug-likeness (QED) is 0.489. The Bertz CT molecular complexity index is 824. The summed E-state index contributed by atoms with van der Waals surface area (Å²) in [4.78, 5) is 27.3. The molecular weight excluding hydrogens is 416 g/mol. The lowest BCUT2D eigenvalue weighted by Crippen LogP contribution is -2.49. The average Bonchev–Trinajstić information content (AvgIpc) is 2.78. The zero-order valence-electron chi connectivity index (χ0n) is 18.4. The van der Waals surface area contributed by atoms with Crippen LogP contribution in [0.25, 0.3) is 0 Å². The molecule has 2 amide bonds. The van der Waals surface area contributed by atoms with Crippen molar-refractivity contribution >= 4 is 23.4 Å². The van der Waals surface area contributed by atoms with Gasteiger partial charge in [-0.15, -0.1) is 0 Å². The van der Waals surface area contributed by atoms with Gasteiger partial charge in [-0.1, -0.05) is 30.7 Å². The van der Waals surface area contributed by atoms with Gasteiger partial charge in [0.05, 0.1) is 13.7 Å². The van der Waals surface area contributed by atoms with E-state index in [9.17, 15) is 9.59 Å². The molecule has 0 radical (unpaired) electrons. The minimum Gasteiger partial charge on any atom is -0.497 e. The minimum atomic E-state index is -0.522. The van der Waals surface area contributed by atoms with Crippen LogP contribution in [0.15, 0.2) is 48.5 Å². The second-order valence-electron chi connectivity index (χ2n) is 7.09. The van der Waals surface area contributed by atoms with Crippen LogP contribution in [0.4, 0.5) is 0 Å². The third-order valence-corrected chi connectivity index (χ3v) is 5.12. The lowest BCUT2D eigenvalue weighted by Gasteiger charge is -2.30. The number of carbonyl (C=O) groups excluding carboxylic acids is 2. The van der Waals surface area contributed by atoms with E-state index in [2.05, 4.69) is 5.32 Å². The zero-order chi connectivity index (χ0) is 22.6. The minimum absolute atomic E-state index is 0.0753. The van der Waals surface area contributed by atoms with Crippen molar-refractivity contribution in [3.05, 3.63) is 59.1 Å². The molecule has 31 heavy (non-hydrogen) atoms. The summed E-state index contributed by atoms with van der Waals surface area (Å²) in [6.45, 7) is 5.07. The fraction of sp³-hybridized carbons (Fsp3) is 0.417. The van der Waals surface area contributed by atoms with Crippen LogP contribution in [0.3, 0.4) is 0 Å². The first-order chi connectivity index (χ1) is 15.0. The van der Waals surface area contributed by atoms with Crippen LogP contribution in [0, 0.1) is 0 Å². The largest absolute Gasteiger partial charge is 0.497 e. The Morgan fingerprint density at radius 3 is 2.26 bits per heavy atom. The molecule has 0 fully saturated rings.